The van der Waals surface area contributed by atoms with Gasteiger partial charge in [-0.1, -0.05) is 18.2 Å². The zero-order valence-electron chi connectivity index (χ0n) is 28.4. The number of ether oxygens (including phenoxy) is 1. The molecule has 1 spiro atoms. The number of halogens is 2. The largest absolute Gasteiger partial charge is 0.451 e. The zero-order chi connectivity index (χ0) is 36.0. The summed E-state index contributed by atoms with van der Waals surface area (Å²) in [4.78, 5) is 49.0. The summed E-state index contributed by atoms with van der Waals surface area (Å²) in [7, 11) is 0. The van der Waals surface area contributed by atoms with Crippen molar-refractivity contribution in [3.63, 3.8) is 0 Å². The van der Waals surface area contributed by atoms with Crippen LogP contribution in [0.5, 0.6) is 0 Å². The van der Waals surface area contributed by atoms with Gasteiger partial charge in [0.2, 0.25) is 0 Å². The van der Waals surface area contributed by atoms with Gasteiger partial charge in [0.25, 0.3) is 17.7 Å². The van der Waals surface area contributed by atoms with Crippen molar-refractivity contribution in [3.05, 3.63) is 125 Å². The average Bonchev–Trinajstić information content (AvgIpc) is 3.50. The lowest BCUT2D eigenvalue weighted by Gasteiger charge is -2.53. The van der Waals surface area contributed by atoms with Crippen LogP contribution >= 0.6 is 0 Å². The highest BCUT2D eigenvalue weighted by Crippen LogP contribution is 2.43. The molecule has 3 amide bonds. The van der Waals surface area contributed by atoms with Crippen molar-refractivity contribution in [2.75, 3.05) is 53.3 Å². The van der Waals surface area contributed by atoms with E-state index in [4.69, 9.17) is 14.1 Å². The van der Waals surface area contributed by atoms with Gasteiger partial charge in [-0.15, -0.1) is 0 Å². The maximum absolute atomic E-state index is 14.2. The Morgan fingerprint density at radius 3 is 2.33 bits per heavy atom. The Morgan fingerprint density at radius 1 is 0.846 bits per heavy atom. The number of nitrogens with zero attached hydrogens (tertiary/aromatic N) is 3. The van der Waals surface area contributed by atoms with Crippen LogP contribution in [0.2, 0.25) is 0 Å². The standard InChI is InChI=1S/C40H35F2N5O5/c1-24-9-14-29(36(43-24)46-22-40(23-46)16-19-51-20-17-40)37(48)44-27-12-10-25(11-13-27)39(50)47-18-15-26-21-33(52-35(26)28-5-2-3-8-32(28)47)38(49)45-34-30(41)6-4-7-31(34)42/h2-14,21H,15-20,22-23H2,1H3,(H,44,48)(H,45,49). The minimum absolute atomic E-state index is 0.110. The molecule has 3 aliphatic rings. The first-order valence-corrected chi connectivity index (χ1v) is 17.2. The summed E-state index contributed by atoms with van der Waals surface area (Å²) in [5.41, 5.74) is 3.79. The number of carbonyl (C=O) groups excluding carboxylic acids is 3. The number of hydrogen-bond acceptors (Lipinski definition) is 7. The number of aryl methyl sites for hydroxylation is 1. The summed E-state index contributed by atoms with van der Waals surface area (Å²) in [6.07, 6.45) is 2.37. The van der Waals surface area contributed by atoms with Crippen molar-refractivity contribution in [3.8, 4) is 11.3 Å². The fraction of sp³-hybridized carbons (Fsp3) is 0.250. The van der Waals surface area contributed by atoms with E-state index in [0.717, 1.165) is 57.0 Å². The van der Waals surface area contributed by atoms with Crippen molar-refractivity contribution in [1.29, 1.82) is 0 Å². The van der Waals surface area contributed by atoms with Crippen LogP contribution in [0.1, 0.15) is 55.4 Å². The summed E-state index contributed by atoms with van der Waals surface area (Å²) in [5.74, 6) is -2.18. The van der Waals surface area contributed by atoms with Gasteiger partial charge in [-0.25, -0.2) is 13.8 Å². The molecule has 0 bridgehead atoms. The van der Waals surface area contributed by atoms with E-state index < -0.39 is 23.2 Å². The molecule has 2 saturated heterocycles. The van der Waals surface area contributed by atoms with Crippen LogP contribution in [0.25, 0.3) is 11.3 Å². The number of para-hydroxylation sites is 2. The average molecular weight is 704 g/mol. The zero-order valence-corrected chi connectivity index (χ0v) is 28.4. The lowest BCUT2D eigenvalue weighted by atomic mass is 9.73. The number of rotatable bonds is 6. The van der Waals surface area contributed by atoms with Crippen LogP contribution in [0.15, 0.2) is 89.3 Å². The first-order chi connectivity index (χ1) is 25.2. The van der Waals surface area contributed by atoms with Crippen molar-refractivity contribution in [1.82, 2.24) is 4.98 Å². The van der Waals surface area contributed by atoms with Crippen LogP contribution < -0.4 is 20.4 Å². The van der Waals surface area contributed by atoms with Crippen LogP contribution in [-0.2, 0) is 11.2 Å². The second-order valence-electron chi connectivity index (χ2n) is 13.6. The van der Waals surface area contributed by atoms with Gasteiger partial charge < -0.3 is 29.6 Å². The molecular weight excluding hydrogens is 668 g/mol. The fourth-order valence-electron chi connectivity index (χ4n) is 7.26. The first-order valence-electron chi connectivity index (χ1n) is 17.2. The fourth-order valence-corrected chi connectivity index (χ4v) is 7.26. The minimum atomic E-state index is -0.903. The van der Waals surface area contributed by atoms with Gasteiger partial charge in [0, 0.05) is 66.3 Å². The van der Waals surface area contributed by atoms with Crippen LogP contribution in [0, 0.1) is 24.0 Å². The number of benzene rings is 3. The lowest BCUT2D eigenvalue weighted by Crippen LogP contribution is -2.59. The van der Waals surface area contributed by atoms with Gasteiger partial charge in [0.1, 0.15) is 28.9 Å². The number of furan rings is 1. The molecule has 5 aromatic rings. The molecule has 0 saturated carbocycles. The SMILES string of the molecule is Cc1ccc(C(=O)Nc2ccc(C(=O)N3CCc4cc(C(=O)Nc5c(F)cccc5F)oc4-c4ccccc43)cc2)c(N2CC3(CCOCC3)C2)n1. The predicted octanol–water partition coefficient (Wildman–Crippen LogP) is 7.25. The highest BCUT2D eigenvalue weighted by atomic mass is 19.1. The normalized spacial score (nSPS) is 16.0. The topological polar surface area (TPSA) is 117 Å². The number of carbonyl (C=O) groups is 3. The molecule has 2 N–H and O–H groups in total. The predicted molar refractivity (Wildman–Crippen MR) is 192 cm³/mol. The summed E-state index contributed by atoms with van der Waals surface area (Å²) in [6, 6.07) is 22.4. The lowest BCUT2D eigenvalue weighted by molar-refractivity contribution is -0.000519. The third-order valence-corrected chi connectivity index (χ3v) is 10.1. The molecule has 0 atom stereocenters. The molecule has 0 radical (unpaired) electrons. The maximum Gasteiger partial charge on any atom is 0.291 e. The number of hydrogen-bond donors (Lipinski definition) is 2. The van der Waals surface area contributed by atoms with Gasteiger partial charge in [-0.2, -0.15) is 0 Å². The number of pyridine rings is 1. The van der Waals surface area contributed by atoms with E-state index >= 15 is 0 Å². The number of amides is 3. The van der Waals surface area contributed by atoms with E-state index in [1.54, 1.807) is 59.5 Å². The third kappa shape index (κ3) is 6.19. The second-order valence-corrected chi connectivity index (χ2v) is 13.6. The Morgan fingerprint density at radius 2 is 1.58 bits per heavy atom. The van der Waals surface area contributed by atoms with E-state index in [2.05, 4.69) is 15.5 Å². The molecule has 52 heavy (non-hydrogen) atoms. The van der Waals surface area contributed by atoms with Crippen molar-refractivity contribution in [2.24, 2.45) is 5.41 Å². The maximum atomic E-state index is 14.2. The van der Waals surface area contributed by atoms with Gasteiger partial charge in [0.05, 0.1) is 11.3 Å². The Bertz CT molecular complexity index is 2180. The molecule has 8 rings (SSSR count). The molecule has 0 unspecified atom stereocenters. The highest BCUT2D eigenvalue weighted by Gasteiger charge is 2.45. The molecule has 0 aliphatic carbocycles. The molecule has 2 aromatic heterocycles. The van der Waals surface area contributed by atoms with Gasteiger partial charge in [0.15, 0.2) is 5.76 Å². The van der Waals surface area contributed by atoms with Crippen molar-refractivity contribution in [2.45, 2.75) is 26.2 Å². The van der Waals surface area contributed by atoms with E-state index in [9.17, 15) is 23.2 Å². The van der Waals surface area contributed by atoms with E-state index in [0.29, 0.717) is 51.6 Å². The van der Waals surface area contributed by atoms with E-state index in [1.807, 2.05) is 13.0 Å². The molecule has 12 heteroatoms. The Kier molecular flexibility index (Phi) is 8.54. The quantitative estimate of drug-likeness (QED) is 0.191. The van der Waals surface area contributed by atoms with Crippen LogP contribution in [-0.4, -0.2) is 55.6 Å². The first kappa shape index (κ1) is 33.3. The monoisotopic (exact) mass is 703 g/mol. The molecular formula is C40H35F2N5O5. The van der Waals surface area contributed by atoms with E-state index in [1.165, 1.54) is 12.1 Å². The Labute approximate surface area is 298 Å². The Balaban J connectivity index is 0.974. The van der Waals surface area contributed by atoms with Crippen molar-refractivity contribution >= 4 is 40.6 Å². The number of anilines is 4. The summed E-state index contributed by atoms with van der Waals surface area (Å²) >= 11 is 0. The minimum Gasteiger partial charge on any atom is -0.451 e. The Hall–Kier alpha value is -5.88. The molecule has 264 valence electrons. The third-order valence-electron chi connectivity index (χ3n) is 10.1. The van der Waals surface area contributed by atoms with Crippen LogP contribution in [0.4, 0.5) is 31.7 Å². The van der Waals surface area contributed by atoms with Crippen molar-refractivity contribution < 1.29 is 32.3 Å². The highest BCUT2D eigenvalue weighted by molar-refractivity contribution is 6.10. The van der Waals surface area contributed by atoms with Crippen LogP contribution in [0.3, 0.4) is 0 Å². The molecule has 3 aliphatic heterocycles. The smallest absolute Gasteiger partial charge is 0.291 e. The molecule has 10 nitrogen and oxygen atoms in total. The number of nitrogens with one attached hydrogen (secondary N) is 2. The van der Waals surface area contributed by atoms with Gasteiger partial charge in [-0.05, 0) is 92.9 Å². The summed E-state index contributed by atoms with van der Waals surface area (Å²) in [5, 5.41) is 5.23. The molecule has 3 aromatic carbocycles. The molecule has 2 fully saturated rings. The van der Waals surface area contributed by atoms with Gasteiger partial charge in [-0.3, -0.25) is 14.4 Å². The summed E-state index contributed by atoms with van der Waals surface area (Å²) in [6.45, 7) is 5.41. The summed E-state index contributed by atoms with van der Waals surface area (Å²) < 4.78 is 39.9. The number of fused-ring (bicyclic) bond motifs is 3. The van der Waals surface area contributed by atoms with Gasteiger partial charge >= 0.3 is 0 Å². The van der Waals surface area contributed by atoms with E-state index in [-0.39, 0.29) is 29.5 Å². The molecule has 5 heterocycles. The number of aromatic nitrogens is 1. The second kappa shape index (κ2) is 13.3.